The lowest BCUT2D eigenvalue weighted by Gasteiger charge is -2.02. The number of thiophene rings is 1. The van der Waals surface area contributed by atoms with E-state index < -0.39 is 0 Å². The molecule has 0 bridgehead atoms. The molecule has 0 spiro atoms. The minimum Gasteiger partial charge on any atom is -0.367 e. The summed E-state index contributed by atoms with van der Waals surface area (Å²) in [4.78, 5) is 0. The van der Waals surface area contributed by atoms with Crippen LogP contribution in [0.5, 0.6) is 0 Å². The molecule has 3 rings (SSSR count). The Morgan fingerprint density at radius 3 is 2.70 bits per heavy atom. The second-order valence-corrected chi connectivity index (χ2v) is 8.20. The van der Waals surface area contributed by atoms with Crippen molar-refractivity contribution in [3.63, 3.8) is 0 Å². The van der Waals surface area contributed by atoms with Crippen LogP contribution in [0.15, 0.2) is 42.4 Å². The van der Waals surface area contributed by atoms with Crippen LogP contribution in [0, 0.1) is 0 Å². The molecule has 3 aromatic rings. The van der Waals surface area contributed by atoms with Gasteiger partial charge in [0.1, 0.15) is 5.69 Å². The molecule has 0 aliphatic rings. The van der Waals surface area contributed by atoms with Crippen molar-refractivity contribution in [2.45, 2.75) is 0 Å². The third-order valence-electron chi connectivity index (χ3n) is 2.74. The second-order valence-electron chi connectivity index (χ2n) is 4.02. The van der Waals surface area contributed by atoms with Gasteiger partial charge in [0.15, 0.2) is 0 Å². The molecule has 102 valence electrons. The molecular formula is C13H7Br2ClN2OS. The quantitative estimate of drug-likeness (QED) is 0.552. The third kappa shape index (κ3) is 2.53. The average molecular weight is 435 g/mol. The van der Waals surface area contributed by atoms with E-state index in [-0.39, 0.29) is 5.88 Å². The average Bonchev–Trinajstić information content (AvgIpc) is 2.92. The molecule has 2 heterocycles. The van der Waals surface area contributed by atoms with E-state index in [9.17, 15) is 0 Å². The van der Waals surface area contributed by atoms with E-state index in [1.165, 1.54) is 0 Å². The van der Waals surface area contributed by atoms with Crippen molar-refractivity contribution >= 4 is 60.7 Å². The van der Waals surface area contributed by atoms with Crippen LogP contribution in [-0.2, 0) is 0 Å². The van der Waals surface area contributed by atoms with Crippen LogP contribution in [0.1, 0.15) is 0 Å². The minimum atomic E-state index is 0.275. The fraction of sp³-hybridized carbons (Fsp3) is 0. The fourth-order valence-corrected chi connectivity index (χ4v) is 4.91. The Kier molecular flexibility index (Phi) is 3.90. The molecule has 0 unspecified atom stereocenters. The topological polar surface area (TPSA) is 52.0 Å². The number of nitrogens with zero attached hydrogens (tertiary/aromatic N) is 1. The van der Waals surface area contributed by atoms with Gasteiger partial charge in [0.25, 0.3) is 0 Å². The highest BCUT2D eigenvalue weighted by Crippen LogP contribution is 2.44. The van der Waals surface area contributed by atoms with Crippen LogP contribution in [0.3, 0.4) is 0 Å². The molecule has 0 aliphatic heterocycles. The van der Waals surface area contributed by atoms with Gasteiger partial charge in [-0.25, -0.2) is 0 Å². The van der Waals surface area contributed by atoms with E-state index in [1.54, 1.807) is 11.3 Å². The summed E-state index contributed by atoms with van der Waals surface area (Å²) < 4.78 is 7.12. The van der Waals surface area contributed by atoms with Gasteiger partial charge >= 0.3 is 0 Å². The standard InChI is InChI=1S/C13H7Br2ClN2OS/c14-9-5-8(12(15)20-9)11-10(13(17)19-18-11)6-2-1-3-7(16)4-6/h1-5H,17H2. The van der Waals surface area contributed by atoms with Crippen LogP contribution in [0.4, 0.5) is 5.88 Å². The van der Waals surface area contributed by atoms with Crippen LogP contribution in [0.2, 0.25) is 5.02 Å². The Morgan fingerprint density at radius 1 is 1.25 bits per heavy atom. The Bertz CT molecular complexity index is 785. The van der Waals surface area contributed by atoms with Gasteiger partial charge in [-0.1, -0.05) is 28.9 Å². The maximum absolute atomic E-state index is 6.04. The number of benzene rings is 1. The number of anilines is 1. The largest absolute Gasteiger partial charge is 0.367 e. The first kappa shape index (κ1) is 14.1. The highest BCUT2D eigenvalue weighted by molar-refractivity contribution is 9.12. The van der Waals surface area contributed by atoms with Crippen molar-refractivity contribution in [2.75, 3.05) is 5.73 Å². The predicted molar refractivity (Wildman–Crippen MR) is 90.1 cm³/mol. The molecule has 20 heavy (non-hydrogen) atoms. The first-order valence-corrected chi connectivity index (χ1v) is 8.30. The minimum absolute atomic E-state index is 0.275. The zero-order chi connectivity index (χ0) is 14.3. The van der Waals surface area contributed by atoms with Gasteiger partial charge in [0.05, 0.1) is 13.1 Å². The monoisotopic (exact) mass is 432 g/mol. The Hall–Kier alpha value is -0.820. The van der Waals surface area contributed by atoms with Crippen LogP contribution in [0.25, 0.3) is 22.4 Å². The molecule has 0 saturated heterocycles. The lowest BCUT2D eigenvalue weighted by Crippen LogP contribution is -1.87. The van der Waals surface area contributed by atoms with Crippen LogP contribution >= 0.6 is 54.8 Å². The molecule has 2 N–H and O–H groups in total. The summed E-state index contributed by atoms with van der Waals surface area (Å²) >= 11 is 14.6. The van der Waals surface area contributed by atoms with E-state index in [0.717, 1.165) is 24.3 Å². The molecule has 0 amide bonds. The molecule has 0 radical (unpaired) electrons. The van der Waals surface area contributed by atoms with Crippen molar-refractivity contribution in [1.82, 2.24) is 5.16 Å². The number of aromatic nitrogens is 1. The number of nitrogens with two attached hydrogens (primary N) is 1. The molecule has 0 atom stereocenters. The van der Waals surface area contributed by atoms with Crippen LogP contribution in [-0.4, -0.2) is 5.16 Å². The Morgan fingerprint density at radius 2 is 2.05 bits per heavy atom. The Labute approximate surface area is 141 Å². The summed E-state index contributed by atoms with van der Waals surface area (Å²) in [5, 5.41) is 4.72. The van der Waals surface area contributed by atoms with Crippen LogP contribution < -0.4 is 5.73 Å². The normalized spacial score (nSPS) is 10.9. The van der Waals surface area contributed by atoms with Crippen molar-refractivity contribution in [1.29, 1.82) is 0 Å². The number of rotatable bonds is 2. The number of hydrogen-bond acceptors (Lipinski definition) is 4. The van der Waals surface area contributed by atoms with E-state index in [4.69, 9.17) is 21.9 Å². The first-order chi connectivity index (χ1) is 9.56. The maximum Gasteiger partial charge on any atom is 0.230 e. The predicted octanol–water partition coefficient (Wildman–Crippen LogP) is 5.83. The van der Waals surface area contributed by atoms with Gasteiger partial charge in [0.2, 0.25) is 5.88 Å². The van der Waals surface area contributed by atoms with Gasteiger partial charge in [-0.3, -0.25) is 0 Å². The molecule has 7 heteroatoms. The summed E-state index contributed by atoms with van der Waals surface area (Å²) in [5.74, 6) is 0.275. The lowest BCUT2D eigenvalue weighted by molar-refractivity contribution is 0.439. The molecule has 1 aromatic carbocycles. The highest BCUT2D eigenvalue weighted by atomic mass is 79.9. The van der Waals surface area contributed by atoms with Gasteiger partial charge in [-0.05, 0) is 55.6 Å². The van der Waals surface area contributed by atoms with E-state index in [1.807, 2.05) is 30.3 Å². The summed E-state index contributed by atoms with van der Waals surface area (Å²) in [7, 11) is 0. The maximum atomic E-state index is 6.04. The summed E-state index contributed by atoms with van der Waals surface area (Å²) in [6, 6.07) is 9.41. The van der Waals surface area contributed by atoms with E-state index in [2.05, 4.69) is 37.0 Å². The molecule has 0 aliphatic carbocycles. The van der Waals surface area contributed by atoms with Crippen molar-refractivity contribution in [3.8, 4) is 22.4 Å². The third-order valence-corrected chi connectivity index (χ3v) is 5.32. The number of halogens is 3. The zero-order valence-electron chi connectivity index (χ0n) is 9.86. The highest BCUT2D eigenvalue weighted by Gasteiger charge is 2.21. The van der Waals surface area contributed by atoms with E-state index in [0.29, 0.717) is 10.7 Å². The molecule has 0 fully saturated rings. The SMILES string of the molecule is Nc1onc(-c2cc(Br)sc2Br)c1-c1cccc(Cl)c1. The van der Waals surface area contributed by atoms with Gasteiger partial charge in [-0.2, -0.15) is 0 Å². The van der Waals surface area contributed by atoms with Gasteiger partial charge in [0, 0.05) is 10.6 Å². The van der Waals surface area contributed by atoms with Crippen molar-refractivity contribution in [3.05, 3.63) is 42.9 Å². The van der Waals surface area contributed by atoms with Crippen molar-refractivity contribution in [2.24, 2.45) is 0 Å². The molecule has 2 aromatic heterocycles. The second kappa shape index (κ2) is 5.52. The summed E-state index contributed by atoms with van der Waals surface area (Å²) in [6.07, 6.45) is 0. The number of nitrogen functional groups attached to an aromatic ring is 1. The molecular weight excluding hydrogens is 427 g/mol. The summed E-state index contributed by atoms with van der Waals surface area (Å²) in [5.41, 5.74) is 9.17. The lowest BCUT2D eigenvalue weighted by atomic mass is 10.0. The van der Waals surface area contributed by atoms with Crippen molar-refractivity contribution < 1.29 is 4.52 Å². The van der Waals surface area contributed by atoms with Gasteiger partial charge < -0.3 is 10.3 Å². The summed E-state index contributed by atoms with van der Waals surface area (Å²) in [6.45, 7) is 0. The first-order valence-electron chi connectivity index (χ1n) is 5.52. The molecule has 0 saturated carbocycles. The number of hydrogen-bond donors (Lipinski definition) is 1. The molecule has 3 nitrogen and oxygen atoms in total. The van der Waals surface area contributed by atoms with Gasteiger partial charge in [-0.15, -0.1) is 11.3 Å². The smallest absolute Gasteiger partial charge is 0.230 e. The van der Waals surface area contributed by atoms with E-state index >= 15 is 0 Å². The zero-order valence-corrected chi connectivity index (χ0v) is 14.6. The fourth-order valence-electron chi connectivity index (χ4n) is 1.91. The Balaban J connectivity index is 2.22.